The molecule has 162 valence electrons. The molecule has 1 heterocycles. The van der Waals surface area contributed by atoms with E-state index in [1.165, 1.54) is 31.4 Å². The van der Waals surface area contributed by atoms with E-state index in [0.29, 0.717) is 23.8 Å². The monoisotopic (exact) mass is 429 g/mol. The van der Waals surface area contributed by atoms with Gasteiger partial charge in [0.05, 0.1) is 4.90 Å². The number of anilines is 1. The van der Waals surface area contributed by atoms with E-state index in [0.717, 1.165) is 25.1 Å². The molecule has 1 aliphatic heterocycles. The van der Waals surface area contributed by atoms with Crippen LogP contribution in [0.15, 0.2) is 53.4 Å². The first kappa shape index (κ1) is 22.3. The zero-order chi connectivity index (χ0) is 21.6. The SMILES string of the molecule is Cc1ccc(NS(=O)(=O)c2cccc(C(=O)NCCCN3CCCC[C@@H]3C)c2)cc1. The third-order valence-corrected chi connectivity index (χ3v) is 6.94. The van der Waals surface area contributed by atoms with E-state index in [2.05, 4.69) is 21.9 Å². The molecule has 1 fully saturated rings. The van der Waals surface area contributed by atoms with Gasteiger partial charge in [0.2, 0.25) is 0 Å². The second-order valence-corrected chi connectivity index (χ2v) is 9.67. The quantitative estimate of drug-likeness (QED) is 0.626. The number of hydrogen-bond acceptors (Lipinski definition) is 4. The minimum absolute atomic E-state index is 0.0675. The summed E-state index contributed by atoms with van der Waals surface area (Å²) in [7, 11) is -3.76. The van der Waals surface area contributed by atoms with Crippen LogP contribution in [0.1, 0.15) is 48.5 Å². The van der Waals surface area contributed by atoms with Crippen LogP contribution in [0, 0.1) is 6.92 Å². The first-order valence-electron chi connectivity index (χ1n) is 10.6. The number of amides is 1. The summed E-state index contributed by atoms with van der Waals surface area (Å²) in [6.45, 7) is 6.86. The number of carbonyl (C=O) groups is 1. The molecular weight excluding hydrogens is 398 g/mol. The van der Waals surface area contributed by atoms with Crippen LogP contribution in [0.3, 0.4) is 0 Å². The van der Waals surface area contributed by atoms with E-state index in [1.54, 1.807) is 24.3 Å². The average Bonchev–Trinajstić information content (AvgIpc) is 2.74. The van der Waals surface area contributed by atoms with Crippen molar-refractivity contribution in [3.63, 3.8) is 0 Å². The predicted molar refractivity (Wildman–Crippen MR) is 120 cm³/mol. The lowest BCUT2D eigenvalue weighted by Crippen LogP contribution is -2.39. The van der Waals surface area contributed by atoms with Crippen molar-refractivity contribution in [1.29, 1.82) is 0 Å². The Kier molecular flexibility index (Phi) is 7.50. The number of carbonyl (C=O) groups excluding carboxylic acids is 1. The summed E-state index contributed by atoms with van der Waals surface area (Å²) in [5, 5.41) is 2.91. The largest absolute Gasteiger partial charge is 0.352 e. The van der Waals surface area contributed by atoms with Gasteiger partial charge < -0.3 is 10.2 Å². The van der Waals surface area contributed by atoms with Gasteiger partial charge in [-0.15, -0.1) is 0 Å². The maximum atomic E-state index is 12.7. The normalized spacial score (nSPS) is 17.5. The Balaban J connectivity index is 1.55. The lowest BCUT2D eigenvalue weighted by atomic mass is 10.0. The molecular formula is C23H31N3O3S. The lowest BCUT2D eigenvalue weighted by molar-refractivity contribution is 0.0948. The van der Waals surface area contributed by atoms with E-state index in [1.807, 2.05) is 19.1 Å². The molecule has 2 aromatic carbocycles. The van der Waals surface area contributed by atoms with Crippen molar-refractivity contribution in [3.05, 3.63) is 59.7 Å². The summed E-state index contributed by atoms with van der Waals surface area (Å²) in [5.41, 5.74) is 1.88. The maximum Gasteiger partial charge on any atom is 0.261 e. The molecule has 0 saturated carbocycles. The van der Waals surface area contributed by atoms with Gasteiger partial charge in [0, 0.05) is 30.4 Å². The summed E-state index contributed by atoms with van der Waals surface area (Å²) >= 11 is 0. The molecule has 0 spiro atoms. The first-order chi connectivity index (χ1) is 14.3. The number of nitrogens with one attached hydrogen (secondary N) is 2. The molecule has 1 aliphatic rings. The van der Waals surface area contributed by atoms with Crippen LogP contribution < -0.4 is 10.0 Å². The highest BCUT2D eigenvalue weighted by atomic mass is 32.2. The molecule has 0 unspecified atom stereocenters. The Bertz CT molecular complexity index is 958. The van der Waals surface area contributed by atoms with Crippen molar-refractivity contribution in [2.24, 2.45) is 0 Å². The number of sulfonamides is 1. The van der Waals surface area contributed by atoms with Crippen LogP contribution in [0.4, 0.5) is 5.69 Å². The Morgan fingerprint density at radius 2 is 1.90 bits per heavy atom. The Morgan fingerprint density at radius 3 is 2.63 bits per heavy atom. The molecule has 3 rings (SSSR count). The molecule has 1 atom stereocenters. The van der Waals surface area contributed by atoms with E-state index < -0.39 is 10.0 Å². The van der Waals surface area contributed by atoms with Crippen molar-refractivity contribution in [2.45, 2.75) is 50.5 Å². The molecule has 0 aromatic heterocycles. The van der Waals surface area contributed by atoms with Crippen LogP contribution in [0.2, 0.25) is 0 Å². The highest BCUT2D eigenvalue weighted by Crippen LogP contribution is 2.18. The summed E-state index contributed by atoms with van der Waals surface area (Å²) in [6.07, 6.45) is 4.66. The Morgan fingerprint density at radius 1 is 1.13 bits per heavy atom. The van der Waals surface area contributed by atoms with Crippen molar-refractivity contribution in [3.8, 4) is 0 Å². The number of rotatable bonds is 8. The second-order valence-electron chi connectivity index (χ2n) is 7.99. The van der Waals surface area contributed by atoms with Gasteiger partial charge in [-0.2, -0.15) is 0 Å². The number of aryl methyl sites for hydroxylation is 1. The fraction of sp³-hybridized carbons (Fsp3) is 0.435. The van der Waals surface area contributed by atoms with Crippen LogP contribution in [0.25, 0.3) is 0 Å². The third-order valence-electron chi connectivity index (χ3n) is 5.56. The topological polar surface area (TPSA) is 78.5 Å². The zero-order valence-corrected chi connectivity index (χ0v) is 18.5. The number of likely N-dealkylation sites (tertiary alicyclic amines) is 1. The van der Waals surface area contributed by atoms with Crippen molar-refractivity contribution in [2.75, 3.05) is 24.4 Å². The van der Waals surface area contributed by atoms with Gasteiger partial charge >= 0.3 is 0 Å². The van der Waals surface area contributed by atoms with Gasteiger partial charge in [-0.1, -0.05) is 30.2 Å². The smallest absolute Gasteiger partial charge is 0.261 e. The minimum Gasteiger partial charge on any atom is -0.352 e. The maximum absolute atomic E-state index is 12.7. The summed E-state index contributed by atoms with van der Waals surface area (Å²) in [5.74, 6) is -0.255. The van der Waals surface area contributed by atoms with Crippen molar-refractivity contribution >= 4 is 21.6 Å². The van der Waals surface area contributed by atoms with E-state index in [-0.39, 0.29) is 10.8 Å². The van der Waals surface area contributed by atoms with E-state index >= 15 is 0 Å². The predicted octanol–water partition coefficient (Wildman–Crippen LogP) is 3.79. The standard InChI is InChI=1S/C23H31N3O3S/c1-18-10-12-21(13-11-18)25-30(28,29)22-9-5-8-20(17-22)23(27)24-14-6-16-26-15-4-3-7-19(26)2/h5,8-13,17,19,25H,3-4,6-7,14-16H2,1-2H3,(H,24,27)/t19-/m0/s1. The molecule has 6 nitrogen and oxygen atoms in total. The first-order valence-corrected chi connectivity index (χ1v) is 12.1. The number of hydrogen-bond donors (Lipinski definition) is 2. The molecule has 1 amide bonds. The van der Waals surface area contributed by atoms with Crippen molar-refractivity contribution in [1.82, 2.24) is 10.2 Å². The average molecular weight is 430 g/mol. The van der Waals surface area contributed by atoms with E-state index in [4.69, 9.17) is 0 Å². The minimum atomic E-state index is -3.76. The number of piperidine rings is 1. The second kappa shape index (κ2) is 10.1. The van der Waals surface area contributed by atoms with Gasteiger partial charge in [0.1, 0.15) is 0 Å². The van der Waals surface area contributed by atoms with Crippen molar-refractivity contribution < 1.29 is 13.2 Å². The Hall–Kier alpha value is -2.38. The molecule has 7 heteroatoms. The van der Waals surface area contributed by atoms with Gasteiger partial charge in [0.25, 0.3) is 15.9 Å². The molecule has 0 aliphatic carbocycles. The number of nitrogens with zero attached hydrogens (tertiary/aromatic N) is 1. The zero-order valence-electron chi connectivity index (χ0n) is 17.7. The number of benzene rings is 2. The fourth-order valence-corrected chi connectivity index (χ4v) is 4.82. The molecule has 1 saturated heterocycles. The van der Waals surface area contributed by atoms with Crippen LogP contribution in [0.5, 0.6) is 0 Å². The van der Waals surface area contributed by atoms with Gasteiger partial charge in [-0.05, 0) is 70.0 Å². The molecule has 30 heavy (non-hydrogen) atoms. The van der Waals surface area contributed by atoms with Crippen LogP contribution in [-0.4, -0.2) is 44.9 Å². The molecule has 0 bridgehead atoms. The summed E-state index contributed by atoms with van der Waals surface area (Å²) in [6, 6.07) is 13.8. The molecule has 2 N–H and O–H groups in total. The lowest BCUT2D eigenvalue weighted by Gasteiger charge is -2.33. The van der Waals surface area contributed by atoms with E-state index in [9.17, 15) is 13.2 Å². The van der Waals surface area contributed by atoms with Crippen LogP contribution >= 0.6 is 0 Å². The molecule has 2 aromatic rings. The fourth-order valence-electron chi connectivity index (χ4n) is 3.72. The highest BCUT2D eigenvalue weighted by Gasteiger charge is 2.18. The Labute approximate surface area is 179 Å². The van der Waals surface area contributed by atoms with Gasteiger partial charge in [0.15, 0.2) is 0 Å². The summed E-state index contributed by atoms with van der Waals surface area (Å²) in [4.78, 5) is 15.0. The third kappa shape index (κ3) is 6.06. The van der Waals surface area contributed by atoms with Gasteiger partial charge in [-0.25, -0.2) is 8.42 Å². The molecule has 0 radical (unpaired) electrons. The van der Waals surface area contributed by atoms with Gasteiger partial charge in [-0.3, -0.25) is 9.52 Å². The van der Waals surface area contributed by atoms with Crippen LogP contribution in [-0.2, 0) is 10.0 Å². The summed E-state index contributed by atoms with van der Waals surface area (Å²) < 4.78 is 27.9. The highest BCUT2D eigenvalue weighted by molar-refractivity contribution is 7.92.